The van der Waals surface area contributed by atoms with Crippen molar-refractivity contribution in [2.75, 3.05) is 11.5 Å². The second-order valence-corrected chi connectivity index (χ2v) is 8.66. The summed E-state index contributed by atoms with van der Waals surface area (Å²) in [6.45, 7) is 4.99. The standard InChI is InChI=1S/C25H18F2N2O5S/c1-3-12-34-24(33)22-13(2)28-25(35-22)29-19(14-4-8-16(26)9-5-14)18(21(31)23(29)32)20(30)15-6-10-17(27)11-7-15/h3-11,18-19H,1,12H2,2H3. The van der Waals surface area contributed by atoms with Crippen molar-refractivity contribution < 1.29 is 32.7 Å². The third-order valence-corrected chi connectivity index (χ3v) is 6.57. The number of rotatable bonds is 7. The lowest BCUT2D eigenvalue weighted by Crippen LogP contribution is -2.30. The Morgan fingerprint density at radius 1 is 1.09 bits per heavy atom. The summed E-state index contributed by atoms with van der Waals surface area (Å²) in [5.74, 6) is -5.97. The first-order valence-electron chi connectivity index (χ1n) is 10.4. The Labute approximate surface area is 202 Å². The highest BCUT2D eigenvalue weighted by Crippen LogP contribution is 2.43. The number of hydrogen-bond acceptors (Lipinski definition) is 7. The lowest BCUT2D eigenvalue weighted by molar-refractivity contribution is -0.135. The van der Waals surface area contributed by atoms with Crippen molar-refractivity contribution in [3.63, 3.8) is 0 Å². The number of carbonyl (C=O) groups is 4. The van der Waals surface area contributed by atoms with Crippen LogP contribution in [-0.4, -0.2) is 35.0 Å². The molecule has 1 fully saturated rings. The van der Waals surface area contributed by atoms with Gasteiger partial charge in [-0.1, -0.05) is 36.1 Å². The second kappa shape index (κ2) is 9.67. The Kier molecular flexibility index (Phi) is 6.65. The highest BCUT2D eigenvalue weighted by Gasteiger charge is 2.53. The predicted molar refractivity (Wildman–Crippen MR) is 123 cm³/mol. The third-order valence-electron chi connectivity index (χ3n) is 5.44. The maximum absolute atomic E-state index is 13.6. The highest BCUT2D eigenvalue weighted by atomic mass is 32.1. The first-order chi connectivity index (χ1) is 16.7. The summed E-state index contributed by atoms with van der Waals surface area (Å²) < 4.78 is 32.1. The number of Topliss-reactive ketones (excluding diaryl/α,β-unsaturated/α-hetero) is 2. The summed E-state index contributed by atoms with van der Waals surface area (Å²) in [6.07, 6.45) is 1.40. The van der Waals surface area contributed by atoms with Crippen LogP contribution < -0.4 is 4.90 Å². The number of thiazole rings is 1. The van der Waals surface area contributed by atoms with Crippen LogP contribution in [0.4, 0.5) is 13.9 Å². The fourth-order valence-corrected chi connectivity index (χ4v) is 4.80. The molecule has 1 aliphatic heterocycles. The number of esters is 1. The van der Waals surface area contributed by atoms with Crippen LogP contribution >= 0.6 is 11.3 Å². The molecule has 4 rings (SSSR count). The number of benzene rings is 2. The fraction of sp³-hybridized carbons (Fsp3) is 0.160. The third kappa shape index (κ3) is 4.52. The van der Waals surface area contributed by atoms with Crippen LogP contribution in [0.2, 0.25) is 0 Å². The van der Waals surface area contributed by atoms with E-state index in [0.717, 1.165) is 40.5 Å². The van der Waals surface area contributed by atoms with E-state index in [0.29, 0.717) is 5.56 Å². The summed E-state index contributed by atoms with van der Waals surface area (Å²) in [5, 5.41) is 0.00938. The van der Waals surface area contributed by atoms with Crippen LogP contribution in [0.15, 0.2) is 61.2 Å². The normalized spacial score (nSPS) is 17.5. The maximum atomic E-state index is 13.6. The lowest BCUT2D eigenvalue weighted by atomic mass is 9.86. The van der Waals surface area contributed by atoms with Gasteiger partial charge < -0.3 is 4.74 Å². The van der Waals surface area contributed by atoms with Crippen LogP contribution in [0, 0.1) is 24.5 Å². The number of ketones is 2. The van der Waals surface area contributed by atoms with Crippen LogP contribution in [0.25, 0.3) is 0 Å². The van der Waals surface area contributed by atoms with Gasteiger partial charge in [-0.25, -0.2) is 18.6 Å². The molecule has 1 amide bonds. The first kappa shape index (κ1) is 24.1. The molecule has 2 heterocycles. The molecule has 0 bridgehead atoms. The van der Waals surface area contributed by atoms with Gasteiger partial charge in [-0.3, -0.25) is 19.3 Å². The minimum atomic E-state index is -1.49. The molecule has 10 heteroatoms. The second-order valence-electron chi connectivity index (χ2n) is 7.68. The van der Waals surface area contributed by atoms with Crippen molar-refractivity contribution in [3.8, 4) is 0 Å². The van der Waals surface area contributed by atoms with Crippen LogP contribution in [0.1, 0.15) is 37.3 Å². The molecular weight excluding hydrogens is 478 g/mol. The zero-order valence-corrected chi connectivity index (χ0v) is 19.2. The molecule has 1 saturated heterocycles. The van der Waals surface area contributed by atoms with Gasteiger partial charge in [0.1, 0.15) is 29.0 Å². The molecular formula is C25H18F2N2O5S. The monoisotopic (exact) mass is 496 g/mol. The number of anilines is 1. The van der Waals surface area contributed by atoms with E-state index in [1.165, 1.54) is 30.3 Å². The summed E-state index contributed by atoms with van der Waals surface area (Å²) in [5.41, 5.74) is 0.621. The van der Waals surface area contributed by atoms with E-state index in [1.54, 1.807) is 6.92 Å². The van der Waals surface area contributed by atoms with Crippen LogP contribution in [-0.2, 0) is 14.3 Å². The van der Waals surface area contributed by atoms with Gasteiger partial charge in [-0.15, -0.1) is 0 Å². The zero-order valence-electron chi connectivity index (χ0n) is 18.4. The Hall–Kier alpha value is -4.05. The average Bonchev–Trinajstić information content (AvgIpc) is 3.35. The van der Waals surface area contributed by atoms with Crippen LogP contribution in [0.3, 0.4) is 0 Å². The first-order valence-corrected chi connectivity index (χ1v) is 11.2. The highest BCUT2D eigenvalue weighted by molar-refractivity contribution is 7.17. The number of aromatic nitrogens is 1. The average molecular weight is 496 g/mol. The number of carbonyl (C=O) groups excluding carboxylic acids is 4. The van der Waals surface area contributed by atoms with Crippen molar-refractivity contribution in [1.82, 2.24) is 4.98 Å². The van der Waals surface area contributed by atoms with Crippen molar-refractivity contribution in [1.29, 1.82) is 0 Å². The van der Waals surface area contributed by atoms with E-state index in [2.05, 4.69) is 11.6 Å². The van der Waals surface area contributed by atoms with Gasteiger partial charge in [-0.2, -0.15) is 0 Å². The summed E-state index contributed by atoms with van der Waals surface area (Å²) >= 11 is 0.832. The molecule has 0 radical (unpaired) electrons. The number of nitrogens with zero attached hydrogens (tertiary/aromatic N) is 2. The Morgan fingerprint density at radius 3 is 2.29 bits per heavy atom. The lowest BCUT2D eigenvalue weighted by Gasteiger charge is -2.25. The molecule has 1 aliphatic rings. The summed E-state index contributed by atoms with van der Waals surface area (Å²) in [6, 6.07) is 8.46. The molecule has 2 atom stereocenters. The van der Waals surface area contributed by atoms with E-state index < -0.39 is 47.0 Å². The molecule has 2 aromatic carbocycles. The maximum Gasteiger partial charge on any atom is 0.350 e. The van der Waals surface area contributed by atoms with E-state index in [9.17, 15) is 28.0 Å². The molecule has 2 unspecified atom stereocenters. The molecule has 0 aliphatic carbocycles. The predicted octanol–water partition coefficient (Wildman–Crippen LogP) is 4.23. The van der Waals surface area contributed by atoms with Crippen molar-refractivity contribution in [2.45, 2.75) is 13.0 Å². The van der Waals surface area contributed by atoms with Gasteiger partial charge in [0.15, 0.2) is 10.9 Å². The molecule has 7 nitrogen and oxygen atoms in total. The van der Waals surface area contributed by atoms with Crippen molar-refractivity contribution in [3.05, 3.63) is 94.5 Å². The Bertz CT molecular complexity index is 1330. The van der Waals surface area contributed by atoms with E-state index in [4.69, 9.17) is 4.74 Å². The Morgan fingerprint density at radius 2 is 1.69 bits per heavy atom. The molecule has 0 spiro atoms. The summed E-state index contributed by atoms with van der Waals surface area (Å²) in [7, 11) is 0. The van der Waals surface area contributed by atoms with Crippen molar-refractivity contribution >= 4 is 39.9 Å². The molecule has 1 aromatic heterocycles. The van der Waals surface area contributed by atoms with E-state index in [-0.39, 0.29) is 27.9 Å². The Balaban J connectivity index is 1.81. The van der Waals surface area contributed by atoms with Gasteiger partial charge in [0.2, 0.25) is 5.78 Å². The van der Waals surface area contributed by atoms with Gasteiger partial charge in [0.05, 0.1) is 11.7 Å². The number of hydrogen-bond donors (Lipinski definition) is 0. The number of halogens is 2. The van der Waals surface area contributed by atoms with Gasteiger partial charge in [-0.05, 0) is 48.9 Å². The smallest absolute Gasteiger partial charge is 0.350 e. The molecule has 0 N–H and O–H groups in total. The minimum absolute atomic E-state index is 0.00938. The van der Waals surface area contributed by atoms with Gasteiger partial charge in [0, 0.05) is 5.56 Å². The zero-order chi connectivity index (χ0) is 25.3. The van der Waals surface area contributed by atoms with E-state index in [1.807, 2.05) is 0 Å². The SMILES string of the molecule is C=CCOC(=O)c1sc(N2C(=O)C(=O)C(C(=O)c3ccc(F)cc3)C2c2ccc(F)cc2)nc1C. The molecule has 178 valence electrons. The quantitative estimate of drug-likeness (QED) is 0.160. The van der Waals surface area contributed by atoms with Gasteiger partial charge in [0.25, 0.3) is 5.91 Å². The number of ether oxygens (including phenoxy) is 1. The molecule has 35 heavy (non-hydrogen) atoms. The number of aryl methyl sites for hydroxylation is 1. The summed E-state index contributed by atoms with van der Waals surface area (Å²) in [4.78, 5) is 57.4. The molecule has 3 aromatic rings. The minimum Gasteiger partial charge on any atom is -0.457 e. The van der Waals surface area contributed by atoms with Crippen molar-refractivity contribution in [2.24, 2.45) is 5.92 Å². The van der Waals surface area contributed by atoms with Gasteiger partial charge >= 0.3 is 5.97 Å². The number of amides is 1. The molecule has 0 saturated carbocycles. The van der Waals surface area contributed by atoms with Crippen LogP contribution in [0.5, 0.6) is 0 Å². The fourth-order valence-electron chi connectivity index (χ4n) is 3.81. The largest absolute Gasteiger partial charge is 0.457 e. The topological polar surface area (TPSA) is 93.6 Å². The van der Waals surface area contributed by atoms with E-state index >= 15 is 0 Å².